The summed E-state index contributed by atoms with van der Waals surface area (Å²) < 4.78 is 0. The third kappa shape index (κ3) is 2.35. The van der Waals surface area contributed by atoms with Crippen molar-refractivity contribution in [1.29, 1.82) is 0 Å². The summed E-state index contributed by atoms with van der Waals surface area (Å²) in [7, 11) is 0. The molecule has 90 valence electrons. The molecule has 0 aromatic heterocycles. The fraction of sp³-hybridized carbons (Fsp3) is 0.375. The highest BCUT2D eigenvalue weighted by atomic mass is 32.2. The largest absolute Gasteiger partial charge is 0.126 e. The SMILES string of the molecule is CCSc1cc(C)c2cc(CC)ccc(C)c1-2. The van der Waals surface area contributed by atoms with Crippen LogP contribution in [0.2, 0.25) is 0 Å². The summed E-state index contributed by atoms with van der Waals surface area (Å²) in [6.45, 7) is 8.88. The van der Waals surface area contributed by atoms with E-state index in [9.17, 15) is 0 Å². The molecular formula is C16H20S. The van der Waals surface area contributed by atoms with Crippen molar-refractivity contribution in [2.45, 2.75) is 39.0 Å². The second kappa shape index (κ2) is 5.14. The molecule has 0 spiro atoms. The van der Waals surface area contributed by atoms with Gasteiger partial charge in [0.05, 0.1) is 0 Å². The van der Waals surface area contributed by atoms with Crippen LogP contribution in [0.15, 0.2) is 29.2 Å². The van der Waals surface area contributed by atoms with Gasteiger partial charge in [0, 0.05) is 4.90 Å². The van der Waals surface area contributed by atoms with Crippen molar-refractivity contribution in [3.8, 4) is 11.1 Å². The Kier molecular flexibility index (Phi) is 3.78. The molecule has 0 heterocycles. The second-order valence-electron chi connectivity index (χ2n) is 4.50. The number of hydrogen-bond donors (Lipinski definition) is 0. The van der Waals surface area contributed by atoms with Gasteiger partial charge < -0.3 is 0 Å². The van der Waals surface area contributed by atoms with Gasteiger partial charge in [-0.1, -0.05) is 32.0 Å². The van der Waals surface area contributed by atoms with Crippen LogP contribution in [0.1, 0.15) is 30.5 Å². The van der Waals surface area contributed by atoms with E-state index in [0.29, 0.717) is 0 Å². The zero-order valence-corrected chi connectivity index (χ0v) is 11.9. The highest BCUT2D eigenvalue weighted by molar-refractivity contribution is 7.99. The highest BCUT2D eigenvalue weighted by Crippen LogP contribution is 2.40. The van der Waals surface area contributed by atoms with Crippen LogP contribution in [0.5, 0.6) is 0 Å². The van der Waals surface area contributed by atoms with Gasteiger partial charge in [-0.3, -0.25) is 0 Å². The molecule has 0 saturated carbocycles. The van der Waals surface area contributed by atoms with E-state index in [1.54, 1.807) is 0 Å². The molecule has 0 fully saturated rings. The van der Waals surface area contributed by atoms with Crippen molar-refractivity contribution in [3.63, 3.8) is 0 Å². The van der Waals surface area contributed by atoms with Gasteiger partial charge >= 0.3 is 0 Å². The Morgan fingerprint density at radius 1 is 1.00 bits per heavy atom. The lowest BCUT2D eigenvalue weighted by Crippen LogP contribution is -1.79. The van der Waals surface area contributed by atoms with Crippen LogP contribution >= 0.6 is 11.8 Å². The molecule has 0 bridgehead atoms. The smallest absolute Gasteiger partial charge is 0.0156 e. The maximum Gasteiger partial charge on any atom is 0.0156 e. The molecule has 0 amide bonds. The first kappa shape index (κ1) is 12.5. The average molecular weight is 244 g/mol. The third-order valence-corrected chi connectivity index (χ3v) is 4.19. The predicted molar refractivity (Wildman–Crippen MR) is 78.3 cm³/mol. The molecule has 2 rings (SSSR count). The fourth-order valence-corrected chi connectivity index (χ4v) is 3.29. The van der Waals surface area contributed by atoms with Gasteiger partial charge in [0.25, 0.3) is 0 Å². The maximum absolute atomic E-state index is 2.36. The first-order valence-corrected chi connectivity index (χ1v) is 7.31. The normalized spacial score (nSPS) is 11.1. The van der Waals surface area contributed by atoms with Crippen molar-refractivity contribution in [1.82, 2.24) is 0 Å². The summed E-state index contributed by atoms with van der Waals surface area (Å²) in [5.74, 6) is 1.14. The zero-order valence-electron chi connectivity index (χ0n) is 11.1. The van der Waals surface area contributed by atoms with Crippen molar-refractivity contribution < 1.29 is 0 Å². The Morgan fingerprint density at radius 3 is 2.41 bits per heavy atom. The Balaban J connectivity index is 2.67. The molecule has 0 nitrogen and oxygen atoms in total. The molecule has 0 aliphatic heterocycles. The van der Waals surface area contributed by atoms with E-state index in [2.05, 4.69) is 52.0 Å². The van der Waals surface area contributed by atoms with Crippen LogP contribution in [0.4, 0.5) is 0 Å². The van der Waals surface area contributed by atoms with Crippen molar-refractivity contribution in [3.05, 3.63) is 41.0 Å². The standard InChI is InChI=1S/C16H20S/c1-5-13-8-7-11(3)16-14(10-13)12(4)9-15(16)17-6-2/h7-10H,5-6H2,1-4H3. The lowest BCUT2D eigenvalue weighted by molar-refractivity contribution is 1.15. The number of fused-ring (bicyclic) bond motifs is 1. The van der Waals surface area contributed by atoms with Crippen LogP contribution in [0, 0.1) is 13.8 Å². The Morgan fingerprint density at radius 2 is 1.76 bits per heavy atom. The molecule has 0 atom stereocenters. The van der Waals surface area contributed by atoms with Gasteiger partial charge in [-0.2, -0.15) is 0 Å². The lowest BCUT2D eigenvalue weighted by atomic mass is 10.1. The summed E-state index contributed by atoms with van der Waals surface area (Å²) in [4.78, 5) is 1.44. The monoisotopic (exact) mass is 244 g/mol. The summed E-state index contributed by atoms with van der Waals surface area (Å²) in [6.07, 6.45) is 1.10. The van der Waals surface area contributed by atoms with Crippen LogP contribution < -0.4 is 0 Å². The van der Waals surface area contributed by atoms with Crippen LogP contribution in [0.25, 0.3) is 11.1 Å². The van der Waals surface area contributed by atoms with E-state index in [1.165, 1.54) is 32.7 Å². The van der Waals surface area contributed by atoms with Crippen LogP contribution in [0.3, 0.4) is 0 Å². The maximum atomic E-state index is 2.36. The Labute approximate surface area is 109 Å². The first-order chi connectivity index (χ1) is 8.17. The quantitative estimate of drug-likeness (QED) is 0.678. The van der Waals surface area contributed by atoms with Gasteiger partial charge in [0.2, 0.25) is 0 Å². The van der Waals surface area contributed by atoms with E-state index < -0.39 is 0 Å². The van der Waals surface area contributed by atoms with Gasteiger partial charge in [-0.15, -0.1) is 11.8 Å². The topological polar surface area (TPSA) is 0 Å². The van der Waals surface area contributed by atoms with Gasteiger partial charge in [0.1, 0.15) is 0 Å². The molecule has 0 saturated heterocycles. The molecular weight excluding hydrogens is 224 g/mol. The molecule has 1 heteroatoms. The number of rotatable bonds is 3. The summed E-state index contributed by atoms with van der Waals surface area (Å²) >= 11 is 1.95. The lowest BCUT2D eigenvalue weighted by Gasteiger charge is -2.03. The number of hydrogen-bond acceptors (Lipinski definition) is 1. The molecule has 0 N–H and O–H groups in total. The van der Waals surface area contributed by atoms with E-state index in [-0.39, 0.29) is 0 Å². The molecule has 0 aromatic carbocycles. The summed E-state index contributed by atoms with van der Waals surface area (Å²) in [6, 6.07) is 9.22. The fourth-order valence-electron chi connectivity index (χ4n) is 2.31. The second-order valence-corrected chi connectivity index (χ2v) is 5.81. The van der Waals surface area contributed by atoms with E-state index in [4.69, 9.17) is 0 Å². The van der Waals surface area contributed by atoms with Crippen molar-refractivity contribution >= 4 is 11.8 Å². The van der Waals surface area contributed by atoms with Crippen molar-refractivity contribution in [2.24, 2.45) is 0 Å². The molecule has 2 aliphatic carbocycles. The van der Waals surface area contributed by atoms with Crippen LogP contribution in [-0.4, -0.2) is 5.75 Å². The molecule has 0 radical (unpaired) electrons. The first-order valence-electron chi connectivity index (χ1n) is 6.33. The molecule has 0 unspecified atom stereocenters. The third-order valence-electron chi connectivity index (χ3n) is 3.27. The summed E-state index contributed by atoms with van der Waals surface area (Å²) in [5.41, 5.74) is 7.10. The van der Waals surface area contributed by atoms with Crippen molar-refractivity contribution in [2.75, 3.05) is 5.75 Å². The zero-order chi connectivity index (χ0) is 12.4. The molecule has 2 aliphatic rings. The van der Waals surface area contributed by atoms with E-state index in [0.717, 1.165) is 12.2 Å². The summed E-state index contributed by atoms with van der Waals surface area (Å²) in [5, 5.41) is 0. The molecule has 17 heavy (non-hydrogen) atoms. The number of aryl methyl sites for hydroxylation is 3. The van der Waals surface area contributed by atoms with Gasteiger partial charge in [0.15, 0.2) is 0 Å². The highest BCUT2D eigenvalue weighted by Gasteiger charge is 2.15. The predicted octanol–water partition coefficient (Wildman–Crippen LogP) is 5.08. The van der Waals surface area contributed by atoms with Crippen LogP contribution in [-0.2, 0) is 6.42 Å². The molecule has 0 aromatic rings. The minimum absolute atomic E-state index is 1.10. The number of thioether (sulfide) groups is 1. The van der Waals surface area contributed by atoms with Gasteiger partial charge in [-0.05, 0) is 59.9 Å². The minimum atomic E-state index is 1.10. The Hall–Kier alpha value is -0.950. The Bertz CT molecular complexity index is 500. The van der Waals surface area contributed by atoms with Gasteiger partial charge in [-0.25, -0.2) is 0 Å². The average Bonchev–Trinajstić information content (AvgIpc) is 2.51. The van der Waals surface area contributed by atoms with E-state index in [1.807, 2.05) is 11.8 Å². The van der Waals surface area contributed by atoms with E-state index >= 15 is 0 Å². The minimum Gasteiger partial charge on any atom is -0.126 e.